The minimum Gasteiger partial charge on any atom is -0.464 e. The highest BCUT2D eigenvalue weighted by Gasteiger charge is 2.25. The Morgan fingerprint density at radius 2 is 1.88 bits per heavy atom. The Kier molecular flexibility index (Phi) is 5.69. The van der Waals surface area contributed by atoms with E-state index in [0.29, 0.717) is 6.07 Å². The molecule has 0 radical (unpaired) electrons. The number of pyridine rings is 1. The monoisotopic (exact) mass is 436 g/mol. The molecule has 1 aromatic carbocycles. The molecular weight excluding hydrogens is 429 g/mol. The third-order valence-corrected chi connectivity index (χ3v) is 3.98. The van der Waals surface area contributed by atoms with E-state index in [1.807, 2.05) is 0 Å². The van der Waals surface area contributed by atoms with Crippen LogP contribution in [0, 0.1) is 17.5 Å². The van der Waals surface area contributed by atoms with Gasteiger partial charge in [0.1, 0.15) is 5.82 Å². The SMILES string of the molecule is COC(=O)c1nc(-c2c(F)cc(Br)c(F)c2F)cc(NC(C)=O)c1Cl. The Bertz CT molecular complexity index is 893. The molecule has 0 spiro atoms. The summed E-state index contributed by atoms with van der Waals surface area (Å²) in [6.45, 7) is 1.16. The largest absolute Gasteiger partial charge is 0.464 e. The molecule has 0 saturated heterocycles. The molecule has 0 aliphatic rings. The van der Waals surface area contributed by atoms with E-state index in [4.69, 9.17) is 11.6 Å². The average molecular weight is 438 g/mol. The first kappa shape index (κ1) is 19.2. The van der Waals surface area contributed by atoms with Gasteiger partial charge in [-0.25, -0.2) is 22.9 Å². The maximum atomic E-state index is 14.2. The normalized spacial score (nSPS) is 10.5. The fourth-order valence-electron chi connectivity index (χ4n) is 1.97. The van der Waals surface area contributed by atoms with Gasteiger partial charge in [-0.05, 0) is 28.1 Å². The van der Waals surface area contributed by atoms with E-state index in [0.717, 1.165) is 20.1 Å². The van der Waals surface area contributed by atoms with E-state index < -0.39 is 50.8 Å². The maximum Gasteiger partial charge on any atom is 0.358 e. The lowest BCUT2D eigenvalue weighted by molar-refractivity contribution is -0.114. The highest BCUT2D eigenvalue weighted by atomic mass is 79.9. The summed E-state index contributed by atoms with van der Waals surface area (Å²) in [5, 5.41) is 2.01. The van der Waals surface area contributed by atoms with E-state index in [-0.39, 0.29) is 10.7 Å². The van der Waals surface area contributed by atoms with E-state index >= 15 is 0 Å². The topological polar surface area (TPSA) is 68.3 Å². The number of ether oxygens (including phenoxy) is 1. The van der Waals surface area contributed by atoms with Crippen LogP contribution in [0.4, 0.5) is 18.9 Å². The van der Waals surface area contributed by atoms with Crippen molar-refractivity contribution in [2.24, 2.45) is 0 Å². The zero-order valence-electron chi connectivity index (χ0n) is 12.7. The smallest absolute Gasteiger partial charge is 0.358 e. The highest BCUT2D eigenvalue weighted by molar-refractivity contribution is 9.10. The highest BCUT2D eigenvalue weighted by Crippen LogP contribution is 2.35. The summed E-state index contributed by atoms with van der Waals surface area (Å²) in [6.07, 6.45) is 0. The predicted octanol–water partition coefficient (Wildman–Crippen LogP) is 4.33. The lowest BCUT2D eigenvalue weighted by Gasteiger charge is -2.13. The third kappa shape index (κ3) is 3.77. The van der Waals surface area contributed by atoms with Gasteiger partial charge in [0.15, 0.2) is 17.3 Å². The number of hydrogen-bond acceptors (Lipinski definition) is 4. The molecule has 1 amide bonds. The number of methoxy groups -OCH3 is 1. The number of aromatic nitrogens is 1. The van der Waals surface area contributed by atoms with Crippen molar-refractivity contribution in [3.63, 3.8) is 0 Å². The minimum atomic E-state index is -1.52. The second-order valence-electron chi connectivity index (χ2n) is 4.73. The first-order valence-corrected chi connectivity index (χ1v) is 7.74. The van der Waals surface area contributed by atoms with Crippen molar-refractivity contribution in [3.05, 3.63) is 44.8 Å². The first-order chi connectivity index (χ1) is 11.7. The fraction of sp³-hybridized carbons (Fsp3) is 0.133. The molecule has 10 heteroatoms. The van der Waals surface area contributed by atoms with Crippen LogP contribution in [0.25, 0.3) is 11.3 Å². The summed E-state index contributed by atoms with van der Waals surface area (Å²) < 4.78 is 46.2. The number of halogens is 5. The Balaban J connectivity index is 2.80. The van der Waals surface area contributed by atoms with Crippen LogP contribution in [-0.4, -0.2) is 24.0 Å². The van der Waals surface area contributed by atoms with E-state index in [2.05, 4.69) is 31.0 Å². The Hall–Kier alpha value is -2.13. The molecular formula is C15H9BrClF3N2O3. The van der Waals surface area contributed by atoms with E-state index in [9.17, 15) is 22.8 Å². The molecule has 0 bridgehead atoms. The molecule has 0 aliphatic carbocycles. The van der Waals surface area contributed by atoms with Gasteiger partial charge in [0, 0.05) is 6.92 Å². The molecule has 1 N–H and O–H groups in total. The van der Waals surface area contributed by atoms with E-state index in [1.165, 1.54) is 0 Å². The molecule has 132 valence electrons. The lowest BCUT2D eigenvalue weighted by atomic mass is 10.1. The summed E-state index contributed by atoms with van der Waals surface area (Å²) >= 11 is 8.66. The Morgan fingerprint density at radius 3 is 2.44 bits per heavy atom. The molecule has 1 heterocycles. The van der Waals surface area contributed by atoms with Crippen molar-refractivity contribution in [2.75, 3.05) is 12.4 Å². The second-order valence-corrected chi connectivity index (χ2v) is 5.97. The van der Waals surface area contributed by atoms with Crippen LogP contribution < -0.4 is 5.32 Å². The number of nitrogens with one attached hydrogen (secondary N) is 1. The Labute approximate surface area is 153 Å². The van der Waals surface area contributed by atoms with Gasteiger partial charge >= 0.3 is 5.97 Å². The molecule has 1 aromatic heterocycles. The summed E-state index contributed by atoms with van der Waals surface area (Å²) in [6, 6.07) is 1.73. The minimum absolute atomic E-state index is 0.137. The predicted molar refractivity (Wildman–Crippen MR) is 87.9 cm³/mol. The van der Waals surface area contributed by atoms with Crippen LogP contribution in [0.5, 0.6) is 0 Å². The van der Waals surface area contributed by atoms with Crippen LogP contribution in [-0.2, 0) is 9.53 Å². The van der Waals surface area contributed by atoms with Crippen LogP contribution in [0.15, 0.2) is 16.6 Å². The van der Waals surface area contributed by atoms with E-state index in [1.54, 1.807) is 0 Å². The zero-order valence-corrected chi connectivity index (χ0v) is 15.1. The van der Waals surface area contributed by atoms with Crippen molar-refractivity contribution >= 4 is 45.1 Å². The van der Waals surface area contributed by atoms with Crippen molar-refractivity contribution in [1.82, 2.24) is 4.98 Å². The lowest BCUT2D eigenvalue weighted by Crippen LogP contribution is -2.12. The molecule has 25 heavy (non-hydrogen) atoms. The molecule has 0 atom stereocenters. The molecule has 0 fully saturated rings. The van der Waals surface area contributed by atoms with Crippen molar-refractivity contribution in [1.29, 1.82) is 0 Å². The van der Waals surface area contributed by atoms with Crippen LogP contribution in [0.2, 0.25) is 5.02 Å². The van der Waals surface area contributed by atoms with Gasteiger partial charge in [0.2, 0.25) is 5.91 Å². The molecule has 0 aliphatic heterocycles. The van der Waals surface area contributed by atoms with Gasteiger partial charge in [-0.15, -0.1) is 0 Å². The molecule has 5 nitrogen and oxygen atoms in total. The van der Waals surface area contributed by atoms with Gasteiger partial charge < -0.3 is 10.1 Å². The van der Waals surface area contributed by atoms with Gasteiger partial charge in [-0.3, -0.25) is 4.79 Å². The first-order valence-electron chi connectivity index (χ1n) is 6.57. The summed E-state index contributed by atoms with van der Waals surface area (Å²) in [5.74, 6) is -5.56. The van der Waals surface area contributed by atoms with Gasteiger partial charge in [-0.2, -0.15) is 0 Å². The van der Waals surface area contributed by atoms with Crippen molar-refractivity contribution in [2.45, 2.75) is 6.92 Å². The van der Waals surface area contributed by atoms with Crippen molar-refractivity contribution < 1.29 is 27.5 Å². The van der Waals surface area contributed by atoms with Gasteiger partial charge in [0.25, 0.3) is 0 Å². The van der Waals surface area contributed by atoms with Crippen LogP contribution in [0.3, 0.4) is 0 Å². The number of carbonyl (C=O) groups excluding carboxylic acids is 2. The number of nitrogens with zero attached hydrogens (tertiary/aromatic N) is 1. The molecule has 2 rings (SSSR count). The number of esters is 1. The zero-order chi connectivity index (χ0) is 18.9. The number of amides is 1. The summed E-state index contributed by atoms with van der Waals surface area (Å²) in [4.78, 5) is 26.8. The quantitative estimate of drug-likeness (QED) is 0.441. The number of anilines is 1. The fourth-order valence-corrected chi connectivity index (χ4v) is 2.57. The van der Waals surface area contributed by atoms with Crippen LogP contribution >= 0.6 is 27.5 Å². The number of hydrogen-bond donors (Lipinski definition) is 1. The summed E-state index contributed by atoms with van der Waals surface area (Å²) in [7, 11) is 1.05. The number of carbonyl (C=O) groups is 2. The number of benzene rings is 1. The van der Waals surface area contributed by atoms with Crippen molar-refractivity contribution in [3.8, 4) is 11.3 Å². The number of rotatable bonds is 3. The molecule has 0 saturated carbocycles. The maximum absolute atomic E-state index is 14.2. The molecule has 2 aromatic rings. The third-order valence-electron chi connectivity index (χ3n) is 3.02. The average Bonchev–Trinajstić information content (AvgIpc) is 2.54. The van der Waals surface area contributed by atoms with Crippen LogP contribution in [0.1, 0.15) is 17.4 Å². The van der Waals surface area contributed by atoms with Gasteiger partial charge in [0.05, 0.1) is 33.5 Å². The summed E-state index contributed by atoms with van der Waals surface area (Å²) in [5.41, 5.74) is -1.90. The molecule has 0 unspecified atom stereocenters. The van der Waals surface area contributed by atoms with Gasteiger partial charge in [-0.1, -0.05) is 11.6 Å². The Morgan fingerprint density at radius 1 is 1.24 bits per heavy atom. The standard InChI is InChI=1S/C15H9BrClF3N2O3/c1-5(23)21-9-4-8(22-14(11(9)17)15(24)25-2)10-7(18)3-6(16)12(19)13(10)20/h3-4H,1-2H3,(H,21,22,23). The second kappa shape index (κ2) is 7.40.